The fraction of sp³-hybridized carbons (Fsp3) is 0.227. The van der Waals surface area contributed by atoms with Gasteiger partial charge in [-0.2, -0.15) is 0 Å². The molecule has 0 fully saturated rings. The smallest absolute Gasteiger partial charge is 0.323 e. The second kappa shape index (κ2) is 7.43. The molecule has 0 unspecified atom stereocenters. The first-order valence-electron chi connectivity index (χ1n) is 9.43. The van der Waals surface area contributed by atoms with Gasteiger partial charge in [0.15, 0.2) is 0 Å². The van der Waals surface area contributed by atoms with Gasteiger partial charge in [0.25, 0.3) is 0 Å². The summed E-state index contributed by atoms with van der Waals surface area (Å²) in [5, 5.41) is 3.88. The lowest BCUT2D eigenvalue weighted by Crippen LogP contribution is -2.35. The van der Waals surface area contributed by atoms with Crippen LogP contribution in [-0.2, 0) is 17.9 Å². The lowest BCUT2D eigenvalue weighted by atomic mass is 10.1. The number of anilines is 1. The summed E-state index contributed by atoms with van der Waals surface area (Å²) in [6.45, 7) is 3.04. The number of fused-ring (bicyclic) bond motifs is 2. The van der Waals surface area contributed by atoms with Crippen LogP contribution in [0.5, 0.6) is 0 Å². The summed E-state index contributed by atoms with van der Waals surface area (Å²) in [4.78, 5) is 35.2. The molecule has 3 aromatic rings. The highest BCUT2D eigenvalue weighted by Crippen LogP contribution is 2.24. The van der Waals surface area contributed by atoms with Gasteiger partial charge >= 0.3 is 6.03 Å². The van der Waals surface area contributed by atoms with Crippen LogP contribution in [0, 0.1) is 6.92 Å². The van der Waals surface area contributed by atoms with E-state index in [1.165, 1.54) is 0 Å². The number of pyridine rings is 1. The number of aromatic nitrogens is 2. The Morgan fingerprint density at radius 2 is 2.14 bits per heavy atom. The average molecular weight is 389 g/mol. The number of rotatable bonds is 4. The minimum atomic E-state index is -0.169. The van der Waals surface area contributed by atoms with E-state index in [4.69, 9.17) is 0 Å². The Morgan fingerprint density at radius 1 is 1.34 bits per heavy atom. The van der Waals surface area contributed by atoms with Crippen molar-refractivity contribution in [2.45, 2.75) is 20.0 Å². The number of para-hydroxylation sites is 1. The summed E-state index contributed by atoms with van der Waals surface area (Å²) in [5.41, 5.74) is 5.01. The van der Waals surface area contributed by atoms with E-state index >= 15 is 0 Å². The Morgan fingerprint density at radius 3 is 2.97 bits per heavy atom. The predicted octanol–water partition coefficient (Wildman–Crippen LogP) is 3.52. The molecular weight excluding hydrogens is 366 g/mol. The number of aromatic amines is 1. The largest absolute Gasteiger partial charge is 0.358 e. The number of urea groups is 1. The number of likely N-dealkylation sites (N-methyl/N-ethyl adjacent to an activating group) is 1. The fourth-order valence-electron chi connectivity index (χ4n) is 3.53. The maximum atomic E-state index is 12.6. The third kappa shape index (κ3) is 3.71. The molecule has 29 heavy (non-hydrogen) atoms. The highest BCUT2D eigenvalue weighted by Gasteiger charge is 2.20. The van der Waals surface area contributed by atoms with Gasteiger partial charge < -0.3 is 14.8 Å². The van der Waals surface area contributed by atoms with E-state index < -0.39 is 0 Å². The van der Waals surface area contributed by atoms with Gasteiger partial charge in [-0.25, -0.2) is 9.78 Å². The fourth-order valence-corrected chi connectivity index (χ4v) is 3.53. The van der Waals surface area contributed by atoms with Crippen molar-refractivity contribution in [3.05, 3.63) is 65.0 Å². The summed E-state index contributed by atoms with van der Waals surface area (Å²) in [6.07, 6.45) is 4.96. The lowest BCUT2D eigenvalue weighted by Gasteiger charge is -2.25. The molecule has 1 aromatic carbocycles. The van der Waals surface area contributed by atoms with Crippen LogP contribution >= 0.6 is 0 Å². The van der Waals surface area contributed by atoms with Crippen molar-refractivity contribution in [3.63, 3.8) is 0 Å². The highest BCUT2D eigenvalue weighted by molar-refractivity contribution is 5.93. The zero-order valence-electron chi connectivity index (χ0n) is 16.7. The van der Waals surface area contributed by atoms with E-state index in [1.807, 2.05) is 31.2 Å². The van der Waals surface area contributed by atoms with Crippen molar-refractivity contribution in [1.29, 1.82) is 0 Å². The van der Waals surface area contributed by atoms with Crippen molar-refractivity contribution >= 4 is 34.7 Å². The number of aryl methyl sites for hydroxylation is 1. The standard InChI is InChI=1S/C22H23N5O2/c1-14-18(17-6-4-5-7-19(17)24-14)13-26(2)20(28)9-8-15-10-16-12-27(3)22(29)25-21(16)23-11-15/h4-11,24H,12-13H2,1-3H3,(H,23,25,29). The minimum Gasteiger partial charge on any atom is -0.358 e. The molecule has 2 aromatic heterocycles. The van der Waals surface area contributed by atoms with Crippen molar-refractivity contribution in [2.75, 3.05) is 19.4 Å². The number of hydrogen-bond acceptors (Lipinski definition) is 3. The van der Waals surface area contributed by atoms with Crippen LogP contribution in [-0.4, -0.2) is 45.8 Å². The van der Waals surface area contributed by atoms with Crippen LogP contribution in [0.3, 0.4) is 0 Å². The molecule has 0 saturated carbocycles. The third-order valence-electron chi connectivity index (χ3n) is 5.18. The SMILES string of the molecule is Cc1[nH]c2ccccc2c1CN(C)C(=O)C=Cc1cnc2c(c1)CN(C)C(=O)N2. The van der Waals surface area contributed by atoms with E-state index in [9.17, 15) is 9.59 Å². The molecule has 0 radical (unpaired) electrons. The molecule has 7 heteroatoms. The summed E-state index contributed by atoms with van der Waals surface area (Å²) < 4.78 is 0. The maximum Gasteiger partial charge on any atom is 0.323 e. The molecule has 2 N–H and O–H groups in total. The number of hydrogen-bond donors (Lipinski definition) is 2. The Balaban J connectivity index is 1.47. The van der Waals surface area contributed by atoms with E-state index in [-0.39, 0.29) is 11.9 Å². The van der Waals surface area contributed by atoms with Crippen LogP contribution in [0.15, 0.2) is 42.6 Å². The number of nitrogens with zero attached hydrogens (tertiary/aromatic N) is 3. The first kappa shape index (κ1) is 18.7. The number of benzene rings is 1. The molecule has 1 aliphatic heterocycles. The first-order chi connectivity index (χ1) is 13.9. The zero-order valence-corrected chi connectivity index (χ0v) is 16.7. The van der Waals surface area contributed by atoms with Gasteiger partial charge in [-0.1, -0.05) is 18.2 Å². The molecule has 4 rings (SSSR count). The summed E-state index contributed by atoms with van der Waals surface area (Å²) in [7, 11) is 3.52. The van der Waals surface area contributed by atoms with Crippen molar-refractivity contribution in [1.82, 2.24) is 19.8 Å². The quantitative estimate of drug-likeness (QED) is 0.670. The maximum absolute atomic E-state index is 12.6. The molecule has 3 amide bonds. The molecule has 0 bridgehead atoms. The van der Waals surface area contributed by atoms with Crippen molar-refractivity contribution in [3.8, 4) is 0 Å². The van der Waals surface area contributed by atoms with Gasteiger partial charge in [0, 0.05) is 55.1 Å². The Hall–Kier alpha value is -3.61. The highest BCUT2D eigenvalue weighted by atomic mass is 16.2. The number of amides is 3. The Kier molecular flexibility index (Phi) is 4.80. The van der Waals surface area contributed by atoms with E-state index in [2.05, 4.69) is 21.4 Å². The molecule has 1 aliphatic rings. The first-order valence-corrected chi connectivity index (χ1v) is 9.43. The van der Waals surface area contributed by atoms with E-state index in [1.54, 1.807) is 42.2 Å². The zero-order chi connectivity index (χ0) is 20.5. The van der Waals surface area contributed by atoms with Crippen molar-refractivity contribution in [2.24, 2.45) is 0 Å². The molecular formula is C22H23N5O2. The molecule has 7 nitrogen and oxygen atoms in total. The normalized spacial score (nSPS) is 13.6. The van der Waals surface area contributed by atoms with Gasteiger partial charge in [-0.3, -0.25) is 10.1 Å². The van der Waals surface area contributed by atoms with Gasteiger partial charge in [0.05, 0.1) is 6.54 Å². The summed E-state index contributed by atoms with van der Waals surface area (Å²) in [6, 6.07) is 9.87. The molecule has 0 aliphatic carbocycles. The van der Waals surface area contributed by atoms with Gasteiger partial charge in [0.2, 0.25) is 5.91 Å². The van der Waals surface area contributed by atoms with Crippen LogP contribution in [0.2, 0.25) is 0 Å². The minimum absolute atomic E-state index is 0.0853. The number of carbonyl (C=O) groups is 2. The topological polar surface area (TPSA) is 81.3 Å². The molecule has 0 spiro atoms. The number of H-pyrrole nitrogens is 1. The van der Waals surface area contributed by atoms with Crippen LogP contribution in [0.25, 0.3) is 17.0 Å². The van der Waals surface area contributed by atoms with Gasteiger partial charge in [0.1, 0.15) is 5.82 Å². The Bertz CT molecular complexity index is 1130. The van der Waals surface area contributed by atoms with Gasteiger partial charge in [-0.15, -0.1) is 0 Å². The second-order valence-electron chi connectivity index (χ2n) is 7.36. The molecule has 0 atom stereocenters. The van der Waals surface area contributed by atoms with Gasteiger partial charge in [-0.05, 0) is 36.3 Å². The van der Waals surface area contributed by atoms with Crippen LogP contribution in [0.4, 0.5) is 10.6 Å². The monoisotopic (exact) mass is 389 g/mol. The summed E-state index contributed by atoms with van der Waals surface area (Å²) >= 11 is 0. The average Bonchev–Trinajstić information content (AvgIpc) is 3.02. The van der Waals surface area contributed by atoms with E-state index in [0.29, 0.717) is 18.9 Å². The number of carbonyl (C=O) groups excluding carboxylic acids is 2. The molecule has 3 heterocycles. The second-order valence-corrected chi connectivity index (χ2v) is 7.36. The van der Waals surface area contributed by atoms with Crippen LogP contribution < -0.4 is 5.32 Å². The number of nitrogens with one attached hydrogen (secondary N) is 2. The lowest BCUT2D eigenvalue weighted by molar-refractivity contribution is -0.125. The Labute approximate surface area is 169 Å². The predicted molar refractivity (Wildman–Crippen MR) is 113 cm³/mol. The van der Waals surface area contributed by atoms with Crippen molar-refractivity contribution < 1.29 is 9.59 Å². The molecule has 0 saturated heterocycles. The molecule has 148 valence electrons. The van der Waals surface area contributed by atoms with Crippen LogP contribution in [0.1, 0.15) is 22.4 Å². The summed E-state index contributed by atoms with van der Waals surface area (Å²) in [5.74, 6) is 0.487. The van der Waals surface area contributed by atoms with E-state index in [0.717, 1.165) is 33.3 Å². The third-order valence-corrected chi connectivity index (χ3v) is 5.18.